The van der Waals surface area contributed by atoms with Crippen LogP contribution in [0.25, 0.3) is 0 Å². The van der Waals surface area contributed by atoms with E-state index in [1.165, 1.54) is 4.90 Å². The molecule has 0 spiro atoms. The molecule has 1 fully saturated rings. The molecule has 1 heterocycles. The van der Waals surface area contributed by atoms with Crippen molar-refractivity contribution in [1.82, 2.24) is 9.80 Å². The van der Waals surface area contributed by atoms with Crippen LogP contribution in [-0.4, -0.2) is 59.9 Å². The van der Waals surface area contributed by atoms with E-state index in [-0.39, 0.29) is 17.7 Å². The van der Waals surface area contributed by atoms with E-state index in [2.05, 4.69) is 0 Å². The number of amides is 2. The van der Waals surface area contributed by atoms with Crippen molar-refractivity contribution in [1.29, 1.82) is 0 Å². The number of carbonyl (C=O) groups is 3. The van der Waals surface area contributed by atoms with Gasteiger partial charge in [-0.05, 0) is 12.8 Å². The zero-order valence-electron chi connectivity index (χ0n) is 10.2. The number of piperidine rings is 1. The Morgan fingerprint density at radius 3 is 2.18 bits per heavy atom. The van der Waals surface area contributed by atoms with Gasteiger partial charge in [-0.25, -0.2) is 0 Å². The zero-order valence-corrected chi connectivity index (χ0v) is 10.2. The molecule has 1 rings (SSSR count). The van der Waals surface area contributed by atoms with Crippen LogP contribution in [-0.2, 0) is 14.4 Å². The van der Waals surface area contributed by atoms with Crippen molar-refractivity contribution in [2.24, 2.45) is 5.92 Å². The van der Waals surface area contributed by atoms with Crippen LogP contribution >= 0.6 is 0 Å². The molecule has 1 aliphatic heterocycles. The molecule has 0 radical (unpaired) electrons. The smallest absolute Gasteiger partial charge is 0.312 e. The predicted molar refractivity (Wildman–Crippen MR) is 60.3 cm³/mol. The van der Waals surface area contributed by atoms with Crippen LogP contribution in [0.5, 0.6) is 0 Å². The summed E-state index contributed by atoms with van der Waals surface area (Å²) >= 11 is 0. The lowest BCUT2D eigenvalue weighted by Crippen LogP contribution is -2.43. The second-order valence-corrected chi connectivity index (χ2v) is 4.46. The van der Waals surface area contributed by atoms with Gasteiger partial charge in [-0.1, -0.05) is 0 Å². The largest absolute Gasteiger partial charge is 0.481 e. The second-order valence-electron chi connectivity index (χ2n) is 4.46. The van der Waals surface area contributed by atoms with Crippen molar-refractivity contribution >= 4 is 17.8 Å². The number of carbonyl (C=O) groups excluding carboxylic acids is 2. The van der Waals surface area contributed by atoms with Crippen molar-refractivity contribution in [3.63, 3.8) is 0 Å². The Morgan fingerprint density at radius 2 is 1.76 bits per heavy atom. The maximum atomic E-state index is 11.7. The van der Waals surface area contributed by atoms with Crippen molar-refractivity contribution in [3.8, 4) is 0 Å². The normalized spacial score (nSPS) is 16.7. The summed E-state index contributed by atoms with van der Waals surface area (Å²) in [5.74, 6) is -1.44. The maximum absolute atomic E-state index is 11.7. The third kappa shape index (κ3) is 3.72. The van der Waals surface area contributed by atoms with E-state index in [0.29, 0.717) is 25.9 Å². The highest BCUT2D eigenvalue weighted by Crippen LogP contribution is 2.19. The Hall–Kier alpha value is -1.59. The van der Waals surface area contributed by atoms with E-state index in [4.69, 9.17) is 5.11 Å². The van der Waals surface area contributed by atoms with Crippen molar-refractivity contribution < 1.29 is 19.5 Å². The van der Waals surface area contributed by atoms with Gasteiger partial charge in [0, 0.05) is 33.1 Å². The SMILES string of the molecule is CN(C)C(=O)C1CCN(C(=O)CC(=O)O)CC1. The molecule has 0 aromatic rings. The molecule has 1 aliphatic rings. The van der Waals surface area contributed by atoms with Crippen molar-refractivity contribution in [2.75, 3.05) is 27.2 Å². The summed E-state index contributed by atoms with van der Waals surface area (Å²) in [6.45, 7) is 0.937. The molecule has 0 saturated carbocycles. The standard InChI is InChI=1S/C11H18N2O4/c1-12(2)11(17)8-3-5-13(6-4-8)9(14)7-10(15)16/h8H,3-7H2,1-2H3,(H,15,16). The van der Waals surface area contributed by atoms with Gasteiger partial charge in [0.2, 0.25) is 11.8 Å². The predicted octanol–water partition coefficient (Wildman–Crippen LogP) is -0.212. The molecule has 0 bridgehead atoms. The first-order valence-electron chi connectivity index (χ1n) is 5.62. The lowest BCUT2D eigenvalue weighted by Gasteiger charge is -2.32. The summed E-state index contributed by atoms with van der Waals surface area (Å²) in [5.41, 5.74) is 0. The van der Waals surface area contributed by atoms with Gasteiger partial charge in [-0.15, -0.1) is 0 Å². The highest BCUT2D eigenvalue weighted by molar-refractivity contribution is 5.93. The molecule has 96 valence electrons. The Morgan fingerprint density at radius 1 is 1.24 bits per heavy atom. The van der Waals surface area contributed by atoms with E-state index in [9.17, 15) is 14.4 Å². The molecular weight excluding hydrogens is 224 g/mol. The highest BCUT2D eigenvalue weighted by Gasteiger charge is 2.28. The summed E-state index contributed by atoms with van der Waals surface area (Å²) in [5, 5.41) is 8.52. The molecule has 0 aromatic heterocycles. The highest BCUT2D eigenvalue weighted by atomic mass is 16.4. The molecule has 0 aromatic carbocycles. The number of hydrogen-bond donors (Lipinski definition) is 1. The fourth-order valence-electron chi connectivity index (χ4n) is 1.98. The number of carboxylic acids is 1. The number of likely N-dealkylation sites (tertiary alicyclic amines) is 1. The van der Waals surface area contributed by atoms with E-state index < -0.39 is 12.4 Å². The third-order valence-electron chi connectivity index (χ3n) is 2.94. The lowest BCUT2D eigenvalue weighted by atomic mass is 9.95. The van der Waals surface area contributed by atoms with Crippen LogP contribution in [0.4, 0.5) is 0 Å². The van der Waals surface area contributed by atoms with Crippen LogP contribution in [0.3, 0.4) is 0 Å². The third-order valence-corrected chi connectivity index (χ3v) is 2.94. The van der Waals surface area contributed by atoms with Crippen LogP contribution in [0, 0.1) is 5.92 Å². The van der Waals surface area contributed by atoms with Crippen molar-refractivity contribution in [3.05, 3.63) is 0 Å². The monoisotopic (exact) mass is 242 g/mol. The van der Waals surface area contributed by atoms with Crippen LogP contribution in [0.1, 0.15) is 19.3 Å². The fraction of sp³-hybridized carbons (Fsp3) is 0.727. The molecular formula is C11H18N2O4. The molecule has 0 aliphatic carbocycles. The van der Waals surface area contributed by atoms with Gasteiger partial charge in [0.1, 0.15) is 6.42 Å². The van der Waals surface area contributed by atoms with Gasteiger partial charge in [0.05, 0.1) is 0 Å². The molecule has 0 atom stereocenters. The topological polar surface area (TPSA) is 77.9 Å². The Bertz CT molecular complexity index is 319. The maximum Gasteiger partial charge on any atom is 0.312 e. The Kier molecular flexibility index (Phi) is 4.48. The Labute approximate surface area is 100 Å². The first-order valence-corrected chi connectivity index (χ1v) is 5.62. The van der Waals surface area contributed by atoms with Crippen molar-refractivity contribution in [2.45, 2.75) is 19.3 Å². The van der Waals surface area contributed by atoms with Gasteiger partial charge in [-0.3, -0.25) is 14.4 Å². The molecule has 1 N–H and O–H groups in total. The van der Waals surface area contributed by atoms with Crippen LogP contribution in [0.15, 0.2) is 0 Å². The molecule has 6 heteroatoms. The number of rotatable bonds is 3. The number of hydrogen-bond acceptors (Lipinski definition) is 3. The van der Waals surface area contributed by atoms with E-state index in [0.717, 1.165) is 0 Å². The quantitative estimate of drug-likeness (QED) is 0.694. The zero-order chi connectivity index (χ0) is 13.0. The molecule has 0 unspecified atom stereocenters. The first kappa shape index (κ1) is 13.5. The summed E-state index contributed by atoms with van der Waals surface area (Å²) < 4.78 is 0. The minimum absolute atomic E-state index is 0.0427. The molecule has 6 nitrogen and oxygen atoms in total. The minimum Gasteiger partial charge on any atom is -0.481 e. The van der Waals surface area contributed by atoms with Gasteiger partial charge < -0.3 is 14.9 Å². The fourth-order valence-corrected chi connectivity index (χ4v) is 1.98. The number of carboxylic acid groups (broad SMARTS) is 1. The van der Waals surface area contributed by atoms with Gasteiger partial charge in [0.25, 0.3) is 0 Å². The Balaban J connectivity index is 2.43. The number of aliphatic carboxylic acids is 1. The number of nitrogens with zero attached hydrogens (tertiary/aromatic N) is 2. The van der Waals surface area contributed by atoms with Crippen LogP contribution in [0.2, 0.25) is 0 Å². The van der Waals surface area contributed by atoms with E-state index >= 15 is 0 Å². The lowest BCUT2D eigenvalue weighted by molar-refractivity contribution is -0.146. The van der Waals surface area contributed by atoms with Gasteiger partial charge in [-0.2, -0.15) is 0 Å². The average Bonchev–Trinajstić information content (AvgIpc) is 2.27. The molecule has 2 amide bonds. The minimum atomic E-state index is -1.11. The molecule has 17 heavy (non-hydrogen) atoms. The summed E-state index contributed by atoms with van der Waals surface area (Å²) in [4.78, 5) is 36.6. The summed E-state index contributed by atoms with van der Waals surface area (Å²) in [7, 11) is 3.43. The summed E-state index contributed by atoms with van der Waals surface area (Å²) in [6, 6.07) is 0. The average molecular weight is 242 g/mol. The summed E-state index contributed by atoms with van der Waals surface area (Å²) in [6.07, 6.45) is 0.761. The van der Waals surface area contributed by atoms with E-state index in [1.54, 1.807) is 19.0 Å². The molecule has 1 saturated heterocycles. The van der Waals surface area contributed by atoms with Crippen LogP contribution < -0.4 is 0 Å². The van der Waals surface area contributed by atoms with E-state index in [1.807, 2.05) is 0 Å². The first-order chi connectivity index (χ1) is 7.91. The van der Waals surface area contributed by atoms with Gasteiger partial charge >= 0.3 is 5.97 Å². The second kappa shape index (κ2) is 5.65. The van der Waals surface area contributed by atoms with Gasteiger partial charge in [0.15, 0.2) is 0 Å².